The minimum atomic E-state index is -0.284. The van der Waals surface area contributed by atoms with Crippen LogP contribution in [0.4, 0.5) is 4.39 Å². The predicted octanol–water partition coefficient (Wildman–Crippen LogP) is 4.77. The molecule has 1 aliphatic carbocycles. The molecule has 1 amide bonds. The molecule has 0 spiro atoms. The van der Waals surface area contributed by atoms with Crippen LogP contribution in [0.15, 0.2) is 29.3 Å². The Bertz CT molecular complexity index is 1030. The van der Waals surface area contributed by atoms with Crippen molar-refractivity contribution in [2.75, 3.05) is 12.8 Å². The van der Waals surface area contributed by atoms with Gasteiger partial charge in [0.15, 0.2) is 0 Å². The Labute approximate surface area is 172 Å². The first-order chi connectivity index (χ1) is 13.5. The number of fused-ring (bicyclic) bond motifs is 3. The number of carbonyl (C=O) groups is 1. The van der Waals surface area contributed by atoms with Crippen LogP contribution in [0.2, 0.25) is 0 Å². The van der Waals surface area contributed by atoms with Crippen molar-refractivity contribution in [1.82, 2.24) is 14.9 Å². The fraction of sp³-hybridized carbons (Fsp3) is 0.381. The van der Waals surface area contributed by atoms with E-state index in [2.05, 4.69) is 9.97 Å². The van der Waals surface area contributed by atoms with Crippen molar-refractivity contribution in [1.29, 1.82) is 0 Å². The van der Waals surface area contributed by atoms with Crippen molar-refractivity contribution >= 4 is 39.2 Å². The molecule has 2 heterocycles. The molecule has 2 aromatic heterocycles. The largest absolute Gasteiger partial charge is 0.341 e. The van der Waals surface area contributed by atoms with Crippen LogP contribution in [0.5, 0.6) is 0 Å². The van der Waals surface area contributed by atoms with E-state index in [-0.39, 0.29) is 11.7 Å². The average Bonchev–Trinajstić information content (AvgIpc) is 3.03. The first-order valence-electron chi connectivity index (χ1n) is 9.41. The van der Waals surface area contributed by atoms with E-state index in [0.29, 0.717) is 12.3 Å². The lowest BCUT2D eigenvalue weighted by atomic mass is 9.97. The number of benzene rings is 1. The number of aromatic nitrogens is 2. The van der Waals surface area contributed by atoms with E-state index < -0.39 is 0 Å². The van der Waals surface area contributed by atoms with Crippen LogP contribution >= 0.6 is 23.1 Å². The zero-order valence-electron chi connectivity index (χ0n) is 16.0. The summed E-state index contributed by atoms with van der Waals surface area (Å²) in [4.78, 5) is 26.0. The summed E-state index contributed by atoms with van der Waals surface area (Å²) in [5.74, 6) is 0.771. The van der Waals surface area contributed by atoms with Crippen molar-refractivity contribution in [2.24, 2.45) is 0 Å². The second-order valence-electron chi connectivity index (χ2n) is 7.14. The molecule has 28 heavy (non-hydrogen) atoms. The molecule has 146 valence electrons. The third-order valence-corrected chi connectivity index (χ3v) is 7.11. The Morgan fingerprint density at radius 3 is 2.93 bits per heavy atom. The Hall–Kier alpha value is -1.99. The first-order valence-corrected chi connectivity index (χ1v) is 11.2. The summed E-state index contributed by atoms with van der Waals surface area (Å²) < 4.78 is 13.4. The molecule has 3 aromatic rings. The highest BCUT2D eigenvalue weighted by Gasteiger charge is 2.21. The van der Waals surface area contributed by atoms with Gasteiger partial charge in [0.25, 0.3) is 0 Å². The zero-order chi connectivity index (χ0) is 19.7. The number of thioether (sulfide) groups is 1. The van der Waals surface area contributed by atoms with E-state index in [1.165, 1.54) is 47.2 Å². The fourth-order valence-electron chi connectivity index (χ4n) is 3.57. The van der Waals surface area contributed by atoms with E-state index in [4.69, 9.17) is 0 Å². The van der Waals surface area contributed by atoms with Gasteiger partial charge in [-0.15, -0.1) is 11.3 Å². The summed E-state index contributed by atoms with van der Waals surface area (Å²) in [6.07, 6.45) is 4.63. The molecule has 0 N–H and O–H groups in total. The zero-order valence-corrected chi connectivity index (χ0v) is 17.6. The second-order valence-corrected chi connectivity index (χ2v) is 9.18. The topological polar surface area (TPSA) is 46.1 Å². The second kappa shape index (κ2) is 8.17. The quantitative estimate of drug-likeness (QED) is 0.445. The number of rotatable bonds is 5. The lowest BCUT2D eigenvalue weighted by molar-refractivity contribution is -0.127. The van der Waals surface area contributed by atoms with E-state index in [1.807, 2.05) is 13.0 Å². The molecule has 4 nitrogen and oxygen atoms in total. The van der Waals surface area contributed by atoms with Gasteiger partial charge in [0.1, 0.15) is 21.5 Å². The van der Waals surface area contributed by atoms with Crippen molar-refractivity contribution in [3.05, 3.63) is 51.9 Å². The van der Waals surface area contributed by atoms with Crippen LogP contribution in [-0.4, -0.2) is 33.6 Å². The van der Waals surface area contributed by atoms with E-state index in [0.717, 1.165) is 39.5 Å². The predicted molar refractivity (Wildman–Crippen MR) is 112 cm³/mol. The molecule has 0 saturated carbocycles. The molecule has 0 radical (unpaired) electrons. The van der Waals surface area contributed by atoms with Gasteiger partial charge < -0.3 is 4.90 Å². The third-order valence-electron chi connectivity index (χ3n) is 4.96. The number of hydrogen-bond donors (Lipinski definition) is 0. The Morgan fingerprint density at radius 2 is 2.11 bits per heavy atom. The highest BCUT2D eigenvalue weighted by atomic mass is 32.2. The highest BCUT2D eigenvalue weighted by molar-refractivity contribution is 8.00. The molecule has 1 aromatic carbocycles. The van der Waals surface area contributed by atoms with Crippen molar-refractivity contribution in [3.63, 3.8) is 0 Å². The normalized spacial score (nSPS) is 13.5. The first kappa shape index (κ1) is 19.3. The molecule has 0 fully saturated rings. The van der Waals surface area contributed by atoms with Crippen LogP contribution in [0.1, 0.15) is 34.7 Å². The van der Waals surface area contributed by atoms with Gasteiger partial charge in [0, 0.05) is 23.9 Å². The summed E-state index contributed by atoms with van der Waals surface area (Å²) in [6, 6.07) is 6.37. The summed E-state index contributed by atoms with van der Waals surface area (Å²) in [5, 5.41) is 2.06. The fourth-order valence-corrected chi connectivity index (χ4v) is 5.98. The molecular weight excluding hydrogens is 393 g/mol. The van der Waals surface area contributed by atoms with Gasteiger partial charge in [0.05, 0.1) is 5.75 Å². The minimum absolute atomic E-state index is 0.00257. The summed E-state index contributed by atoms with van der Waals surface area (Å²) in [6.45, 7) is 2.29. The molecule has 7 heteroatoms. The standard InChI is InChI=1S/C21H22FN3OS2/c1-13-23-20(19-16-8-3-4-9-17(16)28-21(19)24-13)27-12-18(26)25(2)11-14-6-5-7-15(22)10-14/h5-7,10H,3-4,8-9,11-12H2,1-2H3. The maximum absolute atomic E-state index is 13.4. The van der Waals surface area contributed by atoms with Crippen LogP contribution in [0, 0.1) is 12.7 Å². The number of carbonyl (C=O) groups excluding carboxylic acids is 1. The lowest BCUT2D eigenvalue weighted by Crippen LogP contribution is -2.27. The molecule has 0 bridgehead atoms. The van der Waals surface area contributed by atoms with E-state index >= 15 is 0 Å². The summed E-state index contributed by atoms with van der Waals surface area (Å²) in [5.41, 5.74) is 2.17. The monoisotopic (exact) mass is 415 g/mol. The maximum Gasteiger partial charge on any atom is 0.233 e. The Balaban J connectivity index is 1.50. The SMILES string of the molecule is Cc1nc(SCC(=O)N(C)Cc2cccc(F)c2)c2c3c(sc2n1)CCCC3. The van der Waals surface area contributed by atoms with Gasteiger partial charge in [0.2, 0.25) is 5.91 Å². The molecule has 0 aliphatic heterocycles. The number of amides is 1. The Kier molecular flexibility index (Phi) is 5.64. The van der Waals surface area contributed by atoms with Gasteiger partial charge in [-0.25, -0.2) is 14.4 Å². The van der Waals surface area contributed by atoms with Crippen molar-refractivity contribution in [3.8, 4) is 0 Å². The molecule has 0 unspecified atom stereocenters. The molecule has 4 rings (SSSR count). The van der Waals surface area contributed by atoms with Crippen LogP contribution in [0.3, 0.4) is 0 Å². The van der Waals surface area contributed by atoms with Gasteiger partial charge in [-0.2, -0.15) is 0 Å². The lowest BCUT2D eigenvalue weighted by Gasteiger charge is -2.17. The van der Waals surface area contributed by atoms with Crippen LogP contribution < -0.4 is 0 Å². The average molecular weight is 416 g/mol. The van der Waals surface area contributed by atoms with Gasteiger partial charge in [-0.05, 0) is 55.9 Å². The maximum atomic E-state index is 13.4. The third kappa shape index (κ3) is 4.05. The Morgan fingerprint density at radius 1 is 1.29 bits per heavy atom. The number of hydrogen-bond acceptors (Lipinski definition) is 5. The van der Waals surface area contributed by atoms with Crippen molar-refractivity contribution in [2.45, 2.75) is 44.2 Å². The van der Waals surface area contributed by atoms with Gasteiger partial charge >= 0.3 is 0 Å². The van der Waals surface area contributed by atoms with Crippen LogP contribution in [0.25, 0.3) is 10.2 Å². The smallest absolute Gasteiger partial charge is 0.233 e. The van der Waals surface area contributed by atoms with Gasteiger partial charge in [-0.3, -0.25) is 4.79 Å². The van der Waals surface area contributed by atoms with E-state index in [9.17, 15) is 9.18 Å². The number of thiophene rings is 1. The minimum Gasteiger partial charge on any atom is -0.341 e. The number of aryl methyl sites for hydroxylation is 3. The van der Waals surface area contributed by atoms with Gasteiger partial charge in [-0.1, -0.05) is 23.9 Å². The number of halogens is 1. The van der Waals surface area contributed by atoms with Crippen LogP contribution in [-0.2, 0) is 24.2 Å². The van der Waals surface area contributed by atoms with E-state index in [1.54, 1.807) is 29.4 Å². The summed E-state index contributed by atoms with van der Waals surface area (Å²) in [7, 11) is 1.75. The molecule has 1 aliphatic rings. The highest BCUT2D eigenvalue weighted by Crippen LogP contribution is 2.39. The summed E-state index contributed by atoms with van der Waals surface area (Å²) >= 11 is 3.26. The molecular formula is C21H22FN3OS2. The molecule has 0 saturated heterocycles. The van der Waals surface area contributed by atoms with Crippen molar-refractivity contribution < 1.29 is 9.18 Å². The number of nitrogens with zero attached hydrogens (tertiary/aromatic N) is 3. The molecule has 0 atom stereocenters.